The van der Waals surface area contributed by atoms with Gasteiger partial charge < -0.3 is 10.2 Å². The third-order valence-corrected chi connectivity index (χ3v) is 6.45. The van der Waals surface area contributed by atoms with E-state index in [4.69, 9.17) is 5.11 Å². The summed E-state index contributed by atoms with van der Waals surface area (Å²) in [6, 6.07) is 0. The molecule has 0 aromatic carbocycles. The number of carboxylic acid groups (broad SMARTS) is 1. The molecular formula is C24H40F2O5. The normalized spacial score (nSPS) is 21.5. The summed E-state index contributed by atoms with van der Waals surface area (Å²) in [5.41, 5.74) is 0. The minimum atomic E-state index is -3.32. The summed E-state index contributed by atoms with van der Waals surface area (Å²) in [6.45, 7) is 2.00. The second kappa shape index (κ2) is 14.6. The first-order chi connectivity index (χ1) is 14.7. The third-order valence-electron chi connectivity index (χ3n) is 6.45. The molecule has 2 N–H and O–H groups in total. The Morgan fingerprint density at radius 3 is 2.19 bits per heavy atom. The van der Waals surface area contributed by atoms with Crippen molar-refractivity contribution >= 4 is 17.5 Å². The average Bonchev–Trinajstić information content (AvgIpc) is 2.97. The molecule has 0 saturated heterocycles. The topological polar surface area (TPSA) is 91.7 Å². The van der Waals surface area contributed by atoms with Crippen LogP contribution in [0.15, 0.2) is 0 Å². The molecule has 0 bridgehead atoms. The van der Waals surface area contributed by atoms with Crippen molar-refractivity contribution in [1.82, 2.24) is 0 Å². The molecular weight excluding hydrogens is 406 g/mol. The molecule has 7 heteroatoms. The van der Waals surface area contributed by atoms with Gasteiger partial charge in [0.05, 0.1) is 6.10 Å². The van der Waals surface area contributed by atoms with Gasteiger partial charge in [-0.15, -0.1) is 0 Å². The number of alkyl halides is 2. The summed E-state index contributed by atoms with van der Waals surface area (Å²) < 4.78 is 28.2. The van der Waals surface area contributed by atoms with E-state index in [1.54, 1.807) is 0 Å². The van der Waals surface area contributed by atoms with Gasteiger partial charge in [0, 0.05) is 31.6 Å². The molecule has 1 fully saturated rings. The smallest absolute Gasteiger partial charge is 0.305 e. The molecule has 0 aromatic heterocycles. The highest BCUT2D eigenvalue weighted by Gasteiger charge is 2.43. The Balaban J connectivity index is 2.36. The van der Waals surface area contributed by atoms with Crippen LogP contribution in [0, 0.1) is 11.8 Å². The van der Waals surface area contributed by atoms with E-state index in [2.05, 4.69) is 0 Å². The van der Waals surface area contributed by atoms with Crippen LogP contribution in [0.3, 0.4) is 0 Å². The molecule has 1 saturated carbocycles. The van der Waals surface area contributed by atoms with E-state index in [1.165, 1.54) is 0 Å². The lowest BCUT2D eigenvalue weighted by atomic mass is 9.85. The highest BCUT2D eigenvalue weighted by molar-refractivity contribution is 5.86. The molecule has 3 atom stereocenters. The van der Waals surface area contributed by atoms with Crippen molar-refractivity contribution in [3.8, 4) is 0 Å². The van der Waals surface area contributed by atoms with Crippen LogP contribution in [0.1, 0.15) is 110 Å². The molecule has 0 spiro atoms. The van der Waals surface area contributed by atoms with Crippen LogP contribution in [0.2, 0.25) is 0 Å². The van der Waals surface area contributed by atoms with Gasteiger partial charge in [-0.3, -0.25) is 14.4 Å². The maximum absolute atomic E-state index is 14.1. The Bertz CT molecular complexity index is 564. The zero-order chi connectivity index (χ0) is 23.3. The van der Waals surface area contributed by atoms with Crippen LogP contribution in [-0.2, 0) is 14.4 Å². The molecule has 1 aliphatic carbocycles. The number of carbonyl (C=O) groups is 3. The lowest BCUT2D eigenvalue weighted by Crippen LogP contribution is -2.30. The number of rotatable bonds is 18. The number of ketones is 2. The summed E-state index contributed by atoms with van der Waals surface area (Å²) in [5.74, 6) is -5.97. The fraction of sp³-hybridized carbons (Fsp3) is 0.875. The first-order valence-corrected chi connectivity index (χ1v) is 12.0. The van der Waals surface area contributed by atoms with Gasteiger partial charge in [-0.2, -0.15) is 8.78 Å². The highest BCUT2D eigenvalue weighted by Crippen LogP contribution is 2.37. The van der Waals surface area contributed by atoms with Crippen molar-refractivity contribution in [3.63, 3.8) is 0 Å². The molecule has 180 valence electrons. The minimum absolute atomic E-state index is 0.0299. The molecule has 5 nitrogen and oxygen atoms in total. The number of hydrogen-bond donors (Lipinski definition) is 2. The number of Topliss-reactive ketones (excluding diaryl/α,β-unsaturated/α-hetero) is 2. The van der Waals surface area contributed by atoms with Crippen molar-refractivity contribution in [2.75, 3.05) is 0 Å². The maximum Gasteiger partial charge on any atom is 0.305 e. The number of aliphatic hydroxyl groups excluding tert-OH is 1. The zero-order valence-electron chi connectivity index (χ0n) is 18.9. The Morgan fingerprint density at radius 2 is 1.55 bits per heavy atom. The molecule has 0 amide bonds. The number of aliphatic carboxylic acids is 1. The number of carboxylic acids is 1. The summed E-state index contributed by atoms with van der Waals surface area (Å²) in [5, 5.41) is 18.8. The predicted octanol–water partition coefficient (Wildman–Crippen LogP) is 5.71. The van der Waals surface area contributed by atoms with Crippen molar-refractivity contribution in [3.05, 3.63) is 0 Å². The Labute approximate surface area is 185 Å². The molecule has 0 aromatic rings. The van der Waals surface area contributed by atoms with Crippen LogP contribution in [0.25, 0.3) is 0 Å². The third kappa shape index (κ3) is 10.7. The van der Waals surface area contributed by atoms with Crippen LogP contribution in [0.4, 0.5) is 8.78 Å². The van der Waals surface area contributed by atoms with Gasteiger partial charge in [0.15, 0.2) is 0 Å². The van der Waals surface area contributed by atoms with Gasteiger partial charge >= 0.3 is 11.9 Å². The van der Waals surface area contributed by atoms with Gasteiger partial charge in [-0.25, -0.2) is 0 Å². The summed E-state index contributed by atoms with van der Waals surface area (Å²) in [7, 11) is 0. The standard InChI is InChI=1S/C24H40F2O5/c1-2-3-4-11-16-24(25,26)22(29)15-14-19-18(20(27)17-21(19)28)12-9-7-5-6-8-10-13-23(30)31/h18-19,21,28H,2-17H2,1H3,(H,30,31)/t18?,19-,21?/m1/s1. The lowest BCUT2D eigenvalue weighted by Gasteiger charge is -2.22. The molecule has 31 heavy (non-hydrogen) atoms. The largest absolute Gasteiger partial charge is 0.481 e. The Morgan fingerprint density at radius 1 is 0.935 bits per heavy atom. The molecule has 0 aliphatic heterocycles. The Kier molecular flexibility index (Phi) is 13.1. The first-order valence-electron chi connectivity index (χ1n) is 12.0. The second-order valence-corrected chi connectivity index (χ2v) is 9.04. The summed E-state index contributed by atoms with van der Waals surface area (Å²) >= 11 is 0. The number of unbranched alkanes of at least 4 members (excludes halogenated alkanes) is 8. The van der Waals surface area contributed by atoms with E-state index in [-0.39, 0.29) is 37.4 Å². The molecule has 2 unspecified atom stereocenters. The summed E-state index contributed by atoms with van der Waals surface area (Å²) in [6.07, 6.45) is 7.41. The number of aliphatic hydroxyl groups is 1. The monoisotopic (exact) mass is 446 g/mol. The molecule has 1 rings (SSSR count). The molecule has 0 heterocycles. The van der Waals surface area contributed by atoms with Crippen molar-refractivity contribution in [2.24, 2.45) is 11.8 Å². The van der Waals surface area contributed by atoms with E-state index >= 15 is 0 Å². The van der Waals surface area contributed by atoms with Crippen molar-refractivity contribution in [1.29, 1.82) is 0 Å². The second-order valence-electron chi connectivity index (χ2n) is 9.04. The van der Waals surface area contributed by atoms with E-state index in [0.717, 1.165) is 44.9 Å². The molecule has 0 radical (unpaired) electrons. The highest BCUT2D eigenvalue weighted by atomic mass is 19.3. The average molecular weight is 447 g/mol. The van der Waals surface area contributed by atoms with Gasteiger partial charge in [0.25, 0.3) is 0 Å². The Hall–Kier alpha value is -1.37. The van der Waals surface area contributed by atoms with E-state index in [9.17, 15) is 28.3 Å². The van der Waals surface area contributed by atoms with Crippen LogP contribution in [0.5, 0.6) is 0 Å². The van der Waals surface area contributed by atoms with Crippen LogP contribution in [-0.4, -0.2) is 39.8 Å². The van der Waals surface area contributed by atoms with Gasteiger partial charge in [0.2, 0.25) is 5.78 Å². The maximum atomic E-state index is 14.1. The number of halogens is 2. The summed E-state index contributed by atoms with van der Waals surface area (Å²) in [4.78, 5) is 34.8. The van der Waals surface area contributed by atoms with Crippen molar-refractivity contribution in [2.45, 2.75) is 122 Å². The van der Waals surface area contributed by atoms with Gasteiger partial charge in [-0.1, -0.05) is 58.3 Å². The fourth-order valence-corrected chi connectivity index (χ4v) is 4.53. The van der Waals surface area contributed by atoms with E-state index in [1.807, 2.05) is 6.92 Å². The number of carbonyl (C=O) groups excluding carboxylic acids is 2. The zero-order valence-corrected chi connectivity index (χ0v) is 18.9. The van der Waals surface area contributed by atoms with E-state index < -0.39 is 36.1 Å². The van der Waals surface area contributed by atoms with Gasteiger partial charge in [-0.05, 0) is 31.6 Å². The van der Waals surface area contributed by atoms with Crippen LogP contribution < -0.4 is 0 Å². The lowest BCUT2D eigenvalue weighted by molar-refractivity contribution is -0.144. The van der Waals surface area contributed by atoms with Crippen LogP contribution >= 0.6 is 0 Å². The van der Waals surface area contributed by atoms with Gasteiger partial charge in [0.1, 0.15) is 5.78 Å². The minimum Gasteiger partial charge on any atom is -0.481 e. The molecule has 1 aliphatic rings. The fourth-order valence-electron chi connectivity index (χ4n) is 4.53. The predicted molar refractivity (Wildman–Crippen MR) is 115 cm³/mol. The quantitative estimate of drug-likeness (QED) is 0.263. The first kappa shape index (κ1) is 27.7. The van der Waals surface area contributed by atoms with E-state index in [0.29, 0.717) is 25.7 Å². The number of hydrogen-bond acceptors (Lipinski definition) is 4. The van der Waals surface area contributed by atoms with Crippen molar-refractivity contribution < 1.29 is 33.4 Å². The SMILES string of the molecule is CCCCCCC(F)(F)C(=O)CC[C@H]1C(O)CC(=O)C1CCCCCCCCC(=O)O.